The van der Waals surface area contributed by atoms with E-state index in [1.165, 1.54) is 5.51 Å². The lowest BCUT2D eigenvalue weighted by molar-refractivity contribution is -0.143. The van der Waals surface area contributed by atoms with E-state index in [1.807, 2.05) is 5.32 Å². The van der Waals surface area contributed by atoms with E-state index in [1.54, 1.807) is 0 Å². The topological polar surface area (TPSA) is 42.0 Å². The van der Waals surface area contributed by atoms with Crippen molar-refractivity contribution in [3.05, 3.63) is 45.9 Å². The second kappa shape index (κ2) is 5.59. The van der Waals surface area contributed by atoms with Gasteiger partial charge in [-0.1, -0.05) is 0 Å². The number of hydrogen-bond donors (Lipinski definition) is 1. The molecule has 1 N–H and O–H groups in total. The largest absolute Gasteiger partial charge is 0.416 e. The van der Waals surface area contributed by atoms with Crippen molar-refractivity contribution in [1.29, 1.82) is 0 Å². The van der Waals surface area contributed by atoms with Crippen LogP contribution in [0.5, 0.6) is 0 Å². The van der Waals surface area contributed by atoms with Gasteiger partial charge in [0, 0.05) is 5.69 Å². The molecular weight excluding hydrogens is 334 g/mol. The highest BCUT2D eigenvalue weighted by atomic mass is 32.1. The van der Waals surface area contributed by atoms with Crippen molar-refractivity contribution in [2.75, 3.05) is 5.32 Å². The van der Waals surface area contributed by atoms with Crippen LogP contribution in [0, 0.1) is 0 Å². The highest BCUT2D eigenvalue weighted by Gasteiger charge is 2.37. The van der Waals surface area contributed by atoms with Gasteiger partial charge in [-0.25, -0.2) is 0 Å². The number of halogens is 6. The molecule has 2 aromatic rings. The third-order valence-corrected chi connectivity index (χ3v) is 3.27. The number of nitrogens with zero attached hydrogens (tertiary/aromatic N) is 1. The molecule has 0 aliphatic rings. The van der Waals surface area contributed by atoms with E-state index in [0.717, 1.165) is 17.5 Å². The highest BCUT2D eigenvalue weighted by Crippen LogP contribution is 2.37. The van der Waals surface area contributed by atoms with Crippen LogP contribution in [0.2, 0.25) is 0 Å². The average molecular weight is 340 g/mol. The zero-order valence-electron chi connectivity index (χ0n) is 10.4. The minimum Gasteiger partial charge on any atom is -0.321 e. The first kappa shape index (κ1) is 16.3. The van der Waals surface area contributed by atoms with Crippen molar-refractivity contribution in [3.63, 3.8) is 0 Å². The fourth-order valence-electron chi connectivity index (χ4n) is 1.55. The molecule has 118 valence electrons. The zero-order chi connectivity index (χ0) is 16.5. The molecule has 1 amide bonds. The molecule has 2 rings (SSSR count). The van der Waals surface area contributed by atoms with Crippen LogP contribution < -0.4 is 5.32 Å². The Morgan fingerprint density at radius 3 is 1.95 bits per heavy atom. The lowest BCUT2D eigenvalue weighted by Crippen LogP contribution is -2.15. The number of benzene rings is 1. The fourth-order valence-corrected chi connectivity index (χ4v) is 2.06. The Morgan fingerprint density at radius 1 is 1.00 bits per heavy atom. The number of aromatic nitrogens is 1. The number of hydrogen-bond acceptors (Lipinski definition) is 3. The SMILES string of the molecule is O=C(Nc1cc(C(F)(F)F)cc(C(F)(F)F)c1)c1cncs1. The molecule has 1 aromatic heterocycles. The Kier molecular flexibility index (Phi) is 4.14. The van der Waals surface area contributed by atoms with Gasteiger partial charge >= 0.3 is 12.4 Å². The standard InChI is InChI=1S/C12H6F6N2OS/c13-11(14,15)6-1-7(12(16,17)18)3-8(2-6)20-10(21)9-4-19-5-22-9/h1-5H,(H,20,21). The van der Waals surface area contributed by atoms with Crippen molar-refractivity contribution in [3.8, 4) is 0 Å². The number of nitrogens with one attached hydrogen (secondary N) is 1. The minimum absolute atomic E-state index is 0.0116. The summed E-state index contributed by atoms with van der Waals surface area (Å²) < 4.78 is 76.0. The molecule has 0 saturated heterocycles. The normalized spacial score (nSPS) is 12.3. The summed E-state index contributed by atoms with van der Waals surface area (Å²) in [6.07, 6.45) is -8.78. The van der Waals surface area contributed by atoms with E-state index in [4.69, 9.17) is 0 Å². The van der Waals surface area contributed by atoms with Crippen LogP contribution >= 0.6 is 11.3 Å². The zero-order valence-corrected chi connectivity index (χ0v) is 11.2. The quantitative estimate of drug-likeness (QED) is 0.822. The van der Waals surface area contributed by atoms with Gasteiger partial charge in [0.15, 0.2) is 0 Å². The first-order chi connectivity index (χ1) is 10.1. The van der Waals surface area contributed by atoms with Crippen LogP contribution in [0.15, 0.2) is 29.9 Å². The van der Waals surface area contributed by atoms with Crippen molar-refractivity contribution in [1.82, 2.24) is 4.98 Å². The summed E-state index contributed by atoms with van der Waals surface area (Å²) in [6, 6.07) is 0.866. The van der Waals surface area contributed by atoms with E-state index >= 15 is 0 Å². The number of alkyl halides is 6. The number of carbonyl (C=O) groups excluding carboxylic acids is 1. The molecule has 1 aromatic carbocycles. The van der Waals surface area contributed by atoms with E-state index in [2.05, 4.69) is 4.98 Å². The van der Waals surface area contributed by atoms with Crippen molar-refractivity contribution in [2.24, 2.45) is 0 Å². The maximum atomic E-state index is 12.7. The third kappa shape index (κ3) is 3.75. The number of rotatable bonds is 2. The van der Waals surface area contributed by atoms with Crippen molar-refractivity contribution < 1.29 is 31.1 Å². The monoisotopic (exact) mass is 340 g/mol. The lowest BCUT2D eigenvalue weighted by atomic mass is 10.1. The number of carbonyl (C=O) groups is 1. The molecule has 3 nitrogen and oxygen atoms in total. The van der Waals surface area contributed by atoms with Gasteiger partial charge in [-0.3, -0.25) is 9.78 Å². The molecule has 0 bridgehead atoms. The Hall–Kier alpha value is -2.10. The Balaban J connectivity index is 2.40. The summed E-state index contributed by atoms with van der Waals surface area (Å²) in [4.78, 5) is 15.4. The summed E-state index contributed by atoms with van der Waals surface area (Å²) in [7, 11) is 0. The Morgan fingerprint density at radius 2 is 1.55 bits per heavy atom. The second-order valence-electron chi connectivity index (χ2n) is 4.11. The van der Waals surface area contributed by atoms with Crippen LogP contribution in [0.1, 0.15) is 20.8 Å². The molecule has 0 aliphatic heterocycles. The average Bonchev–Trinajstić information content (AvgIpc) is 2.90. The predicted molar refractivity (Wildman–Crippen MR) is 66.5 cm³/mol. The first-order valence-corrected chi connectivity index (χ1v) is 6.44. The van der Waals surface area contributed by atoms with Crippen LogP contribution in [-0.2, 0) is 12.4 Å². The predicted octanol–water partition coefficient (Wildman–Crippen LogP) is 4.43. The van der Waals surface area contributed by atoms with E-state index in [9.17, 15) is 31.1 Å². The van der Waals surface area contributed by atoms with Crippen molar-refractivity contribution >= 4 is 22.9 Å². The van der Waals surface area contributed by atoms with Gasteiger partial charge in [0.25, 0.3) is 5.91 Å². The summed E-state index contributed by atoms with van der Waals surface area (Å²) >= 11 is 0.902. The molecule has 0 spiro atoms. The number of thiazole rings is 1. The van der Waals surface area contributed by atoms with Gasteiger partial charge < -0.3 is 5.32 Å². The molecular formula is C12H6F6N2OS. The lowest BCUT2D eigenvalue weighted by Gasteiger charge is -2.14. The Bertz CT molecular complexity index is 646. The molecule has 0 fully saturated rings. The minimum atomic E-state index is -4.97. The van der Waals surface area contributed by atoms with Crippen LogP contribution in [0.4, 0.5) is 32.0 Å². The van der Waals surface area contributed by atoms with Gasteiger partial charge in [-0.2, -0.15) is 26.3 Å². The second-order valence-corrected chi connectivity index (χ2v) is 5.00. The summed E-state index contributed by atoms with van der Waals surface area (Å²) in [5.41, 5.74) is -2.29. The first-order valence-electron chi connectivity index (χ1n) is 5.56. The molecule has 1 heterocycles. The van der Waals surface area contributed by atoms with Crippen molar-refractivity contribution in [2.45, 2.75) is 12.4 Å². The number of anilines is 1. The van der Waals surface area contributed by atoms with Gasteiger partial charge in [0.2, 0.25) is 0 Å². The summed E-state index contributed by atoms with van der Waals surface area (Å²) in [6.45, 7) is 0. The van der Waals surface area contributed by atoms with Crippen LogP contribution in [0.3, 0.4) is 0 Å². The van der Waals surface area contributed by atoms with E-state index in [-0.39, 0.29) is 10.9 Å². The smallest absolute Gasteiger partial charge is 0.321 e. The molecule has 0 unspecified atom stereocenters. The maximum Gasteiger partial charge on any atom is 0.416 e. The molecule has 0 saturated carbocycles. The summed E-state index contributed by atoms with van der Waals surface area (Å²) in [5.74, 6) is -0.838. The van der Waals surface area contributed by atoms with E-state index < -0.39 is 35.1 Å². The summed E-state index contributed by atoms with van der Waals surface area (Å²) in [5, 5.41) is 2.00. The van der Waals surface area contributed by atoms with Gasteiger partial charge in [-0.05, 0) is 18.2 Å². The van der Waals surface area contributed by atoms with Crippen LogP contribution in [0.25, 0.3) is 0 Å². The fraction of sp³-hybridized carbons (Fsp3) is 0.167. The van der Waals surface area contributed by atoms with Gasteiger partial charge in [-0.15, -0.1) is 11.3 Å². The molecule has 22 heavy (non-hydrogen) atoms. The number of amides is 1. The van der Waals surface area contributed by atoms with Gasteiger partial charge in [0.1, 0.15) is 4.88 Å². The highest BCUT2D eigenvalue weighted by molar-refractivity contribution is 7.11. The molecule has 10 heteroatoms. The van der Waals surface area contributed by atoms with Crippen LogP contribution in [-0.4, -0.2) is 10.9 Å². The van der Waals surface area contributed by atoms with E-state index in [0.29, 0.717) is 12.1 Å². The molecule has 0 radical (unpaired) electrons. The van der Waals surface area contributed by atoms with Gasteiger partial charge in [0.05, 0.1) is 22.8 Å². The Labute approximate surface area is 123 Å². The maximum absolute atomic E-state index is 12.7. The third-order valence-electron chi connectivity index (χ3n) is 2.50. The molecule has 0 atom stereocenters. The molecule has 0 aliphatic carbocycles.